The molecule has 0 aromatic heterocycles. The van der Waals surface area contributed by atoms with Crippen molar-refractivity contribution in [3.63, 3.8) is 0 Å². The zero-order valence-electron chi connectivity index (χ0n) is 21.4. The van der Waals surface area contributed by atoms with Crippen LogP contribution in [0.4, 0.5) is 0 Å². The number of rotatable bonds is 7. The first kappa shape index (κ1) is 26.5. The van der Waals surface area contributed by atoms with E-state index in [4.69, 9.17) is 0 Å². The van der Waals surface area contributed by atoms with Crippen LogP contribution in [0.25, 0.3) is 0 Å². The molecule has 0 saturated heterocycles. The fourth-order valence-corrected chi connectivity index (χ4v) is 4.82. The SMILES string of the molecule is CC(C)(C)C1CCC(=NNC(=O)CCCCC(=O)NN=C2CCC(C(C)(C)C)CC2)CC1. The Labute approximate surface area is 195 Å². The highest BCUT2D eigenvalue weighted by atomic mass is 16.2. The van der Waals surface area contributed by atoms with Crippen LogP contribution in [0.3, 0.4) is 0 Å². The molecule has 2 amide bonds. The van der Waals surface area contributed by atoms with Crippen LogP contribution in [0.1, 0.15) is 119 Å². The zero-order chi connectivity index (χ0) is 23.8. The molecule has 2 fully saturated rings. The van der Waals surface area contributed by atoms with Gasteiger partial charge in [0, 0.05) is 24.3 Å². The van der Waals surface area contributed by atoms with E-state index in [1.165, 1.54) is 0 Å². The molecule has 0 atom stereocenters. The lowest BCUT2D eigenvalue weighted by Gasteiger charge is -2.34. The summed E-state index contributed by atoms with van der Waals surface area (Å²) >= 11 is 0. The molecule has 0 radical (unpaired) electrons. The molecule has 0 spiro atoms. The summed E-state index contributed by atoms with van der Waals surface area (Å²) in [6.45, 7) is 13.8. The molecular formula is C26H46N4O2. The predicted octanol–water partition coefficient (Wildman–Crippen LogP) is 5.96. The average molecular weight is 447 g/mol. The van der Waals surface area contributed by atoms with Gasteiger partial charge in [-0.05, 0) is 86.9 Å². The second-order valence-electron chi connectivity index (χ2n) is 11.9. The molecule has 0 heterocycles. The fourth-order valence-electron chi connectivity index (χ4n) is 4.82. The minimum atomic E-state index is -0.0632. The Bertz CT molecular complexity index is 618. The third-order valence-electron chi connectivity index (χ3n) is 7.31. The van der Waals surface area contributed by atoms with Crippen LogP contribution in [0.5, 0.6) is 0 Å². The number of carbonyl (C=O) groups is 2. The maximum Gasteiger partial charge on any atom is 0.240 e. The van der Waals surface area contributed by atoms with Gasteiger partial charge in [0.05, 0.1) is 0 Å². The van der Waals surface area contributed by atoms with E-state index in [1.54, 1.807) is 0 Å². The number of nitrogens with zero attached hydrogens (tertiary/aromatic N) is 2. The number of hydrogen-bond acceptors (Lipinski definition) is 4. The van der Waals surface area contributed by atoms with Crippen LogP contribution in [-0.2, 0) is 9.59 Å². The minimum Gasteiger partial charge on any atom is -0.273 e. The Morgan fingerprint density at radius 3 is 1.28 bits per heavy atom. The summed E-state index contributed by atoms with van der Waals surface area (Å²) in [6.07, 6.45) is 10.6. The highest BCUT2D eigenvalue weighted by Crippen LogP contribution is 2.37. The Kier molecular flexibility index (Phi) is 9.90. The molecule has 2 saturated carbocycles. The number of unbranched alkanes of at least 4 members (excludes halogenated alkanes) is 1. The molecule has 182 valence electrons. The van der Waals surface area contributed by atoms with E-state index in [9.17, 15) is 9.59 Å². The lowest BCUT2D eigenvalue weighted by Crippen LogP contribution is -2.28. The molecule has 0 aliphatic heterocycles. The first-order chi connectivity index (χ1) is 14.9. The number of nitrogens with one attached hydrogen (secondary N) is 2. The minimum absolute atomic E-state index is 0.0632. The molecule has 2 aliphatic rings. The van der Waals surface area contributed by atoms with Crippen molar-refractivity contribution in [3.8, 4) is 0 Å². The van der Waals surface area contributed by atoms with E-state index in [0.717, 1.165) is 74.6 Å². The van der Waals surface area contributed by atoms with Crippen molar-refractivity contribution < 1.29 is 9.59 Å². The smallest absolute Gasteiger partial charge is 0.240 e. The van der Waals surface area contributed by atoms with Gasteiger partial charge in [0.1, 0.15) is 0 Å². The molecule has 0 bridgehead atoms. The lowest BCUT2D eigenvalue weighted by molar-refractivity contribution is -0.123. The lowest BCUT2D eigenvalue weighted by atomic mass is 9.72. The number of amides is 2. The second kappa shape index (κ2) is 11.9. The summed E-state index contributed by atoms with van der Waals surface area (Å²) in [5.41, 5.74) is 8.31. The second-order valence-corrected chi connectivity index (χ2v) is 11.9. The van der Waals surface area contributed by atoms with E-state index < -0.39 is 0 Å². The van der Waals surface area contributed by atoms with Gasteiger partial charge in [-0.25, -0.2) is 10.9 Å². The summed E-state index contributed by atoms with van der Waals surface area (Å²) < 4.78 is 0. The third-order valence-corrected chi connectivity index (χ3v) is 7.31. The Balaban J connectivity index is 1.56. The molecule has 2 N–H and O–H groups in total. The molecule has 0 aromatic rings. The van der Waals surface area contributed by atoms with Crippen molar-refractivity contribution in [2.24, 2.45) is 32.9 Å². The van der Waals surface area contributed by atoms with Crippen LogP contribution in [-0.4, -0.2) is 23.2 Å². The maximum absolute atomic E-state index is 12.0. The van der Waals surface area contributed by atoms with Crippen LogP contribution in [0, 0.1) is 22.7 Å². The van der Waals surface area contributed by atoms with Crippen molar-refractivity contribution in [2.75, 3.05) is 0 Å². The first-order valence-electron chi connectivity index (χ1n) is 12.6. The largest absolute Gasteiger partial charge is 0.273 e. The van der Waals surface area contributed by atoms with Gasteiger partial charge in [-0.3, -0.25) is 9.59 Å². The molecule has 2 aliphatic carbocycles. The van der Waals surface area contributed by atoms with Gasteiger partial charge in [0.25, 0.3) is 0 Å². The van der Waals surface area contributed by atoms with Crippen LogP contribution >= 0.6 is 0 Å². The number of carbonyl (C=O) groups excluding carboxylic acids is 2. The van der Waals surface area contributed by atoms with Crippen molar-refractivity contribution in [2.45, 2.75) is 119 Å². The van der Waals surface area contributed by atoms with Gasteiger partial charge in [-0.15, -0.1) is 0 Å². The monoisotopic (exact) mass is 446 g/mol. The van der Waals surface area contributed by atoms with E-state index in [-0.39, 0.29) is 11.8 Å². The third kappa shape index (κ3) is 9.41. The highest BCUT2D eigenvalue weighted by molar-refractivity contribution is 5.87. The topological polar surface area (TPSA) is 82.9 Å². The average Bonchev–Trinajstić information content (AvgIpc) is 2.73. The Morgan fingerprint density at radius 2 is 1.00 bits per heavy atom. The van der Waals surface area contributed by atoms with Crippen molar-refractivity contribution in [1.82, 2.24) is 10.9 Å². The van der Waals surface area contributed by atoms with Gasteiger partial charge in [-0.2, -0.15) is 10.2 Å². The Hall–Kier alpha value is -1.72. The molecule has 32 heavy (non-hydrogen) atoms. The van der Waals surface area contributed by atoms with Gasteiger partial charge in [-0.1, -0.05) is 41.5 Å². The van der Waals surface area contributed by atoms with Crippen molar-refractivity contribution >= 4 is 23.2 Å². The summed E-state index contributed by atoms with van der Waals surface area (Å²) in [5.74, 6) is 1.33. The van der Waals surface area contributed by atoms with Gasteiger partial charge in [0.2, 0.25) is 11.8 Å². The van der Waals surface area contributed by atoms with E-state index >= 15 is 0 Å². The molecule has 0 aromatic carbocycles. The Morgan fingerprint density at radius 1 is 0.688 bits per heavy atom. The predicted molar refractivity (Wildman–Crippen MR) is 132 cm³/mol. The van der Waals surface area contributed by atoms with E-state index in [2.05, 4.69) is 62.6 Å². The maximum atomic E-state index is 12.0. The summed E-state index contributed by atoms with van der Waals surface area (Å²) in [5, 5.41) is 8.67. The quantitative estimate of drug-likeness (QED) is 0.373. The van der Waals surface area contributed by atoms with Crippen molar-refractivity contribution in [3.05, 3.63) is 0 Å². The summed E-state index contributed by atoms with van der Waals surface area (Å²) in [7, 11) is 0. The molecular weight excluding hydrogens is 400 g/mol. The van der Waals surface area contributed by atoms with Crippen molar-refractivity contribution in [1.29, 1.82) is 0 Å². The molecule has 6 nitrogen and oxygen atoms in total. The van der Waals surface area contributed by atoms with E-state index in [0.29, 0.717) is 36.5 Å². The standard InChI is InChI=1S/C26H46N4O2/c1-25(2,3)19-11-15-21(16-12-19)27-29-23(31)9-7-8-10-24(32)30-28-22-17-13-20(14-18-22)26(4,5)6/h19-20H,7-18H2,1-6H3,(H,29,31)(H,30,32). The summed E-state index contributed by atoms with van der Waals surface area (Å²) in [4.78, 5) is 24.1. The fraction of sp³-hybridized carbons (Fsp3) is 0.846. The first-order valence-corrected chi connectivity index (χ1v) is 12.6. The van der Waals surface area contributed by atoms with Gasteiger partial charge in [0.15, 0.2) is 0 Å². The number of hydrogen-bond donors (Lipinski definition) is 2. The molecule has 0 unspecified atom stereocenters. The zero-order valence-corrected chi connectivity index (χ0v) is 21.4. The van der Waals surface area contributed by atoms with Crippen LogP contribution < -0.4 is 10.9 Å². The van der Waals surface area contributed by atoms with Crippen LogP contribution in [0.15, 0.2) is 10.2 Å². The number of hydrazone groups is 2. The summed E-state index contributed by atoms with van der Waals surface area (Å²) in [6, 6.07) is 0. The van der Waals surface area contributed by atoms with Crippen LogP contribution in [0.2, 0.25) is 0 Å². The molecule has 2 rings (SSSR count). The highest BCUT2D eigenvalue weighted by Gasteiger charge is 2.29. The van der Waals surface area contributed by atoms with Gasteiger partial charge < -0.3 is 0 Å². The van der Waals surface area contributed by atoms with E-state index in [1.807, 2.05) is 0 Å². The van der Waals surface area contributed by atoms with Gasteiger partial charge >= 0.3 is 0 Å². The normalized spacial score (nSPS) is 22.3. The molecule has 6 heteroatoms.